The molecule has 1 rings (SSSR count). The number of halogens is 1. The third-order valence-electron chi connectivity index (χ3n) is 2.09. The number of aliphatic hydroxyl groups is 1. The van der Waals surface area contributed by atoms with Crippen molar-refractivity contribution >= 4 is 21.9 Å². The fourth-order valence-electron chi connectivity index (χ4n) is 1.03. The van der Waals surface area contributed by atoms with Crippen LogP contribution in [0, 0.1) is 0 Å². The Bertz CT molecular complexity index is 351. The van der Waals surface area contributed by atoms with E-state index >= 15 is 0 Å². The molecule has 0 amide bonds. The topological polar surface area (TPSA) is 72.5 Å². The smallest absolute Gasteiger partial charge is 0.325 e. The summed E-state index contributed by atoms with van der Waals surface area (Å²) >= 11 is 3.31. The molecule has 5 heteroatoms. The molecule has 0 bridgehead atoms. The minimum Gasteiger partial charge on any atom is -0.460 e. The van der Waals surface area contributed by atoms with E-state index in [4.69, 9.17) is 15.6 Å². The van der Waals surface area contributed by atoms with Gasteiger partial charge in [0.25, 0.3) is 0 Å². The fourth-order valence-corrected chi connectivity index (χ4v) is 1.29. The van der Waals surface area contributed by atoms with Crippen LogP contribution in [0.1, 0.15) is 12.5 Å². The van der Waals surface area contributed by atoms with Gasteiger partial charge in [-0.1, -0.05) is 28.1 Å². The Morgan fingerprint density at radius 3 is 2.56 bits per heavy atom. The minimum absolute atomic E-state index is 0.159. The van der Waals surface area contributed by atoms with Gasteiger partial charge in [0, 0.05) is 4.47 Å². The van der Waals surface area contributed by atoms with E-state index in [-0.39, 0.29) is 6.61 Å². The first-order chi connectivity index (χ1) is 7.50. The fraction of sp³-hybridized carbons (Fsp3) is 0.364. The molecular weight excluding hydrogens is 274 g/mol. The first kappa shape index (κ1) is 13.2. The van der Waals surface area contributed by atoms with Crippen LogP contribution < -0.4 is 5.73 Å². The van der Waals surface area contributed by atoms with E-state index < -0.39 is 18.1 Å². The van der Waals surface area contributed by atoms with Gasteiger partial charge < -0.3 is 15.6 Å². The van der Waals surface area contributed by atoms with Gasteiger partial charge >= 0.3 is 5.97 Å². The first-order valence-corrected chi connectivity index (χ1v) is 5.64. The summed E-state index contributed by atoms with van der Waals surface area (Å²) in [6, 6.07) is 6.40. The summed E-state index contributed by atoms with van der Waals surface area (Å²) in [7, 11) is 0. The van der Waals surface area contributed by atoms with Crippen molar-refractivity contribution < 1.29 is 14.6 Å². The third kappa shape index (κ3) is 3.92. The Hall–Kier alpha value is -0.910. The van der Waals surface area contributed by atoms with E-state index in [0.717, 1.165) is 10.0 Å². The van der Waals surface area contributed by atoms with Crippen molar-refractivity contribution in [3.63, 3.8) is 0 Å². The summed E-state index contributed by atoms with van der Waals surface area (Å²) in [6.45, 7) is 1.61. The Labute approximate surface area is 103 Å². The summed E-state index contributed by atoms with van der Waals surface area (Å²) in [5.74, 6) is -0.599. The van der Waals surface area contributed by atoms with Gasteiger partial charge in [0.05, 0.1) is 6.10 Å². The maximum atomic E-state index is 11.3. The average Bonchev–Trinajstić information content (AvgIpc) is 2.26. The molecule has 0 fully saturated rings. The van der Waals surface area contributed by atoms with Crippen LogP contribution in [0.2, 0.25) is 0 Å². The summed E-state index contributed by atoms with van der Waals surface area (Å²) in [4.78, 5) is 11.3. The molecular formula is C11H14BrNO3. The van der Waals surface area contributed by atoms with Gasteiger partial charge in [0.15, 0.2) is 0 Å². The number of carbonyl (C=O) groups is 1. The van der Waals surface area contributed by atoms with Crippen LogP contribution in [-0.2, 0) is 16.1 Å². The van der Waals surface area contributed by atoms with Crippen LogP contribution in [0.3, 0.4) is 0 Å². The zero-order valence-electron chi connectivity index (χ0n) is 8.89. The van der Waals surface area contributed by atoms with E-state index in [1.165, 1.54) is 6.92 Å². The Morgan fingerprint density at radius 1 is 1.50 bits per heavy atom. The normalized spacial score (nSPS) is 14.2. The molecule has 0 aliphatic rings. The van der Waals surface area contributed by atoms with Crippen molar-refractivity contribution in [2.45, 2.75) is 25.7 Å². The molecule has 0 saturated heterocycles. The highest BCUT2D eigenvalue weighted by molar-refractivity contribution is 9.10. The lowest BCUT2D eigenvalue weighted by Crippen LogP contribution is -2.41. The van der Waals surface area contributed by atoms with Gasteiger partial charge in [-0.15, -0.1) is 0 Å². The van der Waals surface area contributed by atoms with E-state index in [9.17, 15) is 4.79 Å². The summed E-state index contributed by atoms with van der Waals surface area (Å²) in [5.41, 5.74) is 6.29. The number of hydrogen-bond acceptors (Lipinski definition) is 4. The number of rotatable bonds is 4. The van der Waals surface area contributed by atoms with E-state index in [1.54, 1.807) is 0 Å². The molecule has 0 aliphatic carbocycles. The van der Waals surface area contributed by atoms with Gasteiger partial charge in [-0.05, 0) is 24.6 Å². The Morgan fingerprint density at radius 2 is 2.06 bits per heavy atom. The number of esters is 1. The molecule has 3 N–H and O–H groups in total. The van der Waals surface area contributed by atoms with Crippen molar-refractivity contribution in [1.29, 1.82) is 0 Å². The van der Waals surface area contributed by atoms with Crippen LogP contribution in [0.4, 0.5) is 0 Å². The van der Waals surface area contributed by atoms with Crippen LogP contribution >= 0.6 is 15.9 Å². The molecule has 0 heterocycles. The number of aliphatic hydroxyl groups excluding tert-OH is 1. The Balaban J connectivity index is 2.46. The van der Waals surface area contributed by atoms with Gasteiger partial charge in [-0.3, -0.25) is 4.79 Å². The quantitative estimate of drug-likeness (QED) is 0.817. The predicted octanol–water partition coefficient (Wildman–Crippen LogP) is 1.20. The number of hydrogen-bond donors (Lipinski definition) is 2. The van der Waals surface area contributed by atoms with E-state index in [2.05, 4.69) is 15.9 Å². The Kier molecular flexibility index (Phi) is 4.92. The minimum atomic E-state index is -0.990. The second-order valence-corrected chi connectivity index (χ2v) is 4.42. The molecule has 2 atom stereocenters. The van der Waals surface area contributed by atoms with Crippen LogP contribution in [0.5, 0.6) is 0 Å². The lowest BCUT2D eigenvalue weighted by molar-refractivity contribution is -0.149. The molecule has 0 unspecified atom stereocenters. The molecule has 1 aromatic carbocycles. The van der Waals surface area contributed by atoms with Gasteiger partial charge in [0.1, 0.15) is 12.6 Å². The van der Waals surface area contributed by atoms with Gasteiger partial charge in [-0.2, -0.15) is 0 Å². The molecule has 0 aliphatic heterocycles. The summed E-state index contributed by atoms with van der Waals surface area (Å²) < 4.78 is 5.91. The highest BCUT2D eigenvalue weighted by Crippen LogP contribution is 2.11. The first-order valence-electron chi connectivity index (χ1n) is 4.85. The lowest BCUT2D eigenvalue weighted by Gasteiger charge is -2.13. The van der Waals surface area contributed by atoms with Crippen molar-refractivity contribution in [2.75, 3.05) is 0 Å². The van der Waals surface area contributed by atoms with Crippen molar-refractivity contribution in [3.8, 4) is 0 Å². The molecule has 0 aromatic heterocycles. The monoisotopic (exact) mass is 287 g/mol. The van der Waals surface area contributed by atoms with E-state index in [0.29, 0.717) is 0 Å². The second-order valence-electron chi connectivity index (χ2n) is 3.50. The molecule has 4 nitrogen and oxygen atoms in total. The standard InChI is InChI=1S/C11H14BrNO3/c1-7(14)10(13)11(15)16-6-8-2-4-9(12)5-3-8/h2-5,7,10,14H,6,13H2,1H3/t7-,10+/m1/s1. The molecule has 1 aromatic rings. The van der Waals surface area contributed by atoms with E-state index in [1.807, 2.05) is 24.3 Å². The maximum absolute atomic E-state index is 11.3. The zero-order valence-corrected chi connectivity index (χ0v) is 10.5. The second kappa shape index (κ2) is 5.98. The molecule has 88 valence electrons. The van der Waals surface area contributed by atoms with Gasteiger partial charge in [0.2, 0.25) is 0 Å². The van der Waals surface area contributed by atoms with Crippen molar-refractivity contribution in [3.05, 3.63) is 34.3 Å². The van der Waals surface area contributed by atoms with Crippen molar-refractivity contribution in [2.24, 2.45) is 5.73 Å². The van der Waals surface area contributed by atoms with Crippen molar-refractivity contribution in [1.82, 2.24) is 0 Å². The largest absolute Gasteiger partial charge is 0.460 e. The molecule has 0 saturated carbocycles. The number of nitrogens with two attached hydrogens (primary N) is 1. The molecule has 0 spiro atoms. The van der Waals surface area contributed by atoms with Crippen LogP contribution in [0.15, 0.2) is 28.7 Å². The summed E-state index contributed by atoms with van der Waals surface area (Å²) in [6.07, 6.45) is -0.905. The zero-order chi connectivity index (χ0) is 12.1. The molecule has 16 heavy (non-hydrogen) atoms. The highest BCUT2D eigenvalue weighted by Gasteiger charge is 2.20. The SMILES string of the molecule is C[C@@H](O)[C@H](N)C(=O)OCc1ccc(Br)cc1. The third-order valence-corrected chi connectivity index (χ3v) is 2.61. The van der Waals surface area contributed by atoms with Crippen LogP contribution in [-0.4, -0.2) is 23.2 Å². The summed E-state index contributed by atoms with van der Waals surface area (Å²) in [5, 5.41) is 9.09. The maximum Gasteiger partial charge on any atom is 0.325 e. The number of benzene rings is 1. The van der Waals surface area contributed by atoms with Gasteiger partial charge in [-0.25, -0.2) is 0 Å². The number of carbonyl (C=O) groups excluding carboxylic acids is 1. The van der Waals surface area contributed by atoms with Crippen LogP contribution in [0.25, 0.3) is 0 Å². The predicted molar refractivity (Wildman–Crippen MR) is 63.6 cm³/mol. The lowest BCUT2D eigenvalue weighted by atomic mass is 10.2. The highest BCUT2D eigenvalue weighted by atomic mass is 79.9. The molecule has 0 radical (unpaired) electrons. The number of ether oxygens (including phenoxy) is 1. The average molecular weight is 288 g/mol.